The molecule has 4 heteroatoms. The zero-order chi connectivity index (χ0) is 13.9. The van der Waals surface area contributed by atoms with Gasteiger partial charge in [0.25, 0.3) is 0 Å². The zero-order valence-electron chi connectivity index (χ0n) is 12.4. The van der Waals surface area contributed by atoms with Gasteiger partial charge < -0.3 is 14.9 Å². The van der Waals surface area contributed by atoms with Gasteiger partial charge in [-0.1, -0.05) is 19.3 Å². The zero-order valence-corrected chi connectivity index (χ0v) is 12.4. The Bertz CT molecular complexity index is 287. The number of nitrogens with zero attached hydrogens (tertiary/aromatic N) is 1. The van der Waals surface area contributed by atoms with Crippen LogP contribution in [0, 0.1) is 5.41 Å². The van der Waals surface area contributed by atoms with E-state index >= 15 is 0 Å². The van der Waals surface area contributed by atoms with Gasteiger partial charge in [-0.05, 0) is 26.7 Å². The molecule has 112 valence electrons. The summed E-state index contributed by atoms with van der Waals surface area (Å²) in [6.07, 6.45) is 5.93. The number of morpholine rings is 1. The molecular formula is C15H29NO3. The van der Waals surface area contributed by atoms with E-state index in [2.05, 4.69) is 18.7 Å². The van der Waals surface area contributed by atoms with Gasteiger partial charge in [-0.15, -0.1) is 0 Å². The van der Waals surface area contributed by atoms with Crippen molar-refractivity contribution in [2.75, 3.05) is 32.8 Å². The third-order valence-electron chi connectivity index (χ3n) is 4.56. The summed E-state index contributed by atoms with van der Waals surface area (Å²) in [5.41, 5.74) is -0.136. The molecule has 0 aromatic rings. The van der Waals surface area contributed by atoms with Crippen LogP contribution in [0.3, 0.4) is 0 Å². The molecule has 0 radical (unpaired) electrons. The Hall–Kier alpha value is -0.160. The standard InChI is InChI=1S/C15H29NO3/c1-14(2)10-16(8-13(9-17)19-14)11-15(12-18)6-4-3-5-7-15/h13,17-18H,3-12H2,1-2H3. The van der Waals surface area contributed by atoms with Gasteiger partial charge in [0.2, 0.25) is 0 Å². The topological polar surface area (TPSA) is 52.9 Å². The molecule has 2 rings (SSSR count). The minimum absolute atomic E-state index is 0.0751. The fraction of sp³-hybridized carbons (Fsp3) is 1.00. The summed E-state index contributed by atoms with van der Waals surface area (Å²) in [6, 6.07) is 0. The Morgan fingerprint density at radius 3 is 2.42 bits per heavy atom. The highest BCUT2D eigenvalue weighted by atomic mass is 16.5. The van der Waals surface area contributed by atoms with Crippen molar-refractivity contribution in [3.05, 3.63) is 0 Å². The molecule has 1 unspecified atom stereocenters. The van der Waals surface area contributed by atoms with E-state index in [0.717, 1.165) is 32.5 Å². The summed E-state index contributed by atoms with van der Waals surface area (Å²) in [5.74, 6) is 0. The van der Waals surface area contributed by atoms with E-state index in [4.69, 9.17) is 4.74 Å². The van der Waals surface area contributed by atoms with E-state index in [9.17, 15) is 10.2 Å². The van der Waals surface area contributed by atoms with Crippen LogP contribution in [0.4, 0.5) is 0 Å². The minimum atomic E-state index is -0.211. The molecule has 1 aliphatic carbocycles. The van der Waals surface area contributed by atoms with E-state index in [-0.39, 0.29) is 30.3 Å². The largest absolute Gasteiger partial charge is 0.396 e. The molecule has 2 fully saturated rings. The molecule has 2 N–H and O–H groups in total. The van der Waals surface area contributed by atoms with Crippen molar-refractivity contribution in [3.63, 3.8) is 0 Å². The number of aliphatic hydroxyl groups excluding tert-OH is 2. The number of hydrogen-bond donors (Lipinski definition) is 2. The van der Waals surface area contributed by atoms with E-state index in [1.165, 1.54) is 19.3 Å². The molecule has 0 aromatic carbocycles. The lowest BCUT2D eigenvalue weighted by molar-refractivity contribution is -0.157. The van der Waals surface area contributed by atoms with Crippen LogP contribution < -0.4 is 0 Å². The Kier molecular flexibility index (Phi) is 4.88. The molecule has 19 heavy (non-hydrogen) atoms. The van der Waals surface area contributed by atoms with Crippen LogP contribution in [0.2, 0.25) is 0 Å². The van der Waals surface area contributed by atoms with E-state index in [0.29, 0.717) is 0 Å². The predicted octanol–water partition coefficient (Wildman–Crippen LogP) is 1.40. The van der Waals surface area contributed by atoms with E-state index in [1.54, 1.807) is 0 Å². The van der Waals surface area contributed by atoms with Crippen molar-refractivity contribution in [2.45, 2.75) is 57.7 Å². The van der Waals surface area contributed by atoms with Crippen LogP contribution in [0.25, 0.3) is 0 Å². The average molecular weight is 271 g/mol. The molecule has 4 nitrogen and oxygen atoms in total. The molecule has 1 aliphatic heterocycles. The van der Waals surface area contributed by atoms with Gasteiger partial charge in [-0.3, -0.25) is 4.90 Å². The molecule has 0 aromatic heterocycles. The summed E-state index contributed by atoms with van der Waals surface area (Å²) in [4.78, 5) is 2.38. The quantitative estimate of drug-likeness (QED) is 0.811. The Morgan fingerprint density at radius 2 is 1.84 bits per heavy atom. The molecule has 1 saturated carbocycles. The lowest BCUT2D eigenvalue weighted by Crippen LogP contribution is -2.56. The molecule has 1 saturated heterocycles. The summed E-state index contributed by atoms with van der Waals surface area (Å²) < 4.78 is 5.85. The fourth-order valence-corrected chi connectivity index (χ4v) is 3.77. The summed E-state index contributed by atoms with van der Waals surface area (Å²) in [7, 11) is 0. The SMILES string of the molecule is CC1(C)CN(CC2(CO)CCCCC2)CC(CO)O1. The molecule has 0 spiro atoms. The summed E-state index contributed by atoms with van der Waals surface area (Å²) in [5, 5.41) is 19.2. The first kappa shape index (κ1) is 15.2. The van der Waals surface area contributed by atoms with Crippen molar-refractivity contribution in [1.82, 2.24) is 4.90 Å². The second kappa shape index (κ2) is 6.08. The third kappa shape index (κ3) is 3.91. The van der Waals surface area contributed by atoms with Gasteiger partial charge in [0.05, 0.1) is 18.3 Å². The number of ether oxygens (including phenoxy) is 1. The smallest absolute Gasteiger partial charge is 0.0940 e. The van der Waals surface area contributed by atoms with E-state index < -0.39 is 0 Å². The Labute approximate surface area is 116 Å². The van der Waals surface area contributed by atoms with Crippen molar-refractivity contribution < 1.29 is 14.9 Å². The van der Waals surface area contributed by atoms with Gasteiger partial charge in [0, 0.05) is 31.7 Å². The number of hydrogen-bond acceptors (Lipinski definition) is 4. The maximum atomic E-state index is 9.82. The van der Waals surface area contributed by atoms with Crippen LogP contribution in [0.1, 0.15) is 46.0 Å². The first-order valence-corrected chi connectivity index (χ1v) is 7.61. The highest BCUT2D eigenvalue weighted by Crippen LogP contribution is 2.37. The van der Waals surface area contributed by atoms with Crippen LogP contribution in [-0.4, -0.2) is 59.7 Å². The van der Waals surface area contributed by atoms with Crippen molar-refractivity contribution in [3.8, 4) is 0 Å². The first-order valence-electron chi connectivity index (χ1n) is 7.61. The lowest BCUT2D eigenvalue weighted by atomic mass is 9.74. The normalized spacial score (nSPS) is 31.3. The van der Waals surface area contributed by atoms with Gasteiger partial charge >= 0.3 is 0 Å². The minimum Gasteiger partial charge on any atom is -0.396 e. The van der Waals surface area contributed by atoms with Crippen LogP contribution in [0.15, 0.2) is 0 Å². The molecular weight excluding hydrogens is 242 g/mol. The molecule has 2 aliphatic rings. The maximum Gasteiger partial charge on any atom is 0.0940 e. The molecule has 0 bridgehead atoms. The lowest BCUT2D eigenvalue weighted by Gasteiger charge is -2.47. The van der Waals surface area contributed by atoms with Crippen LogP contribution >= 0.6 is 0 Å². The fourth-order valence-electron chi connectivity index (χ4n) is 3.77. The van der Waals surface area contributed by atoms with Gasteiger partial charge in [0.15, 0.2) is 0 Å². The molecule has 1 atom stereocenters. The number of aliphatic hydroxyl groups is 2. The summed E-state index contributed by atoms with van der Waals surface area (Å²) >= 11 is 0. The second-order valence-electron chi connectivity index (χ2n) is 7.07. The van der Waals surface area contributed by atoms with Crippen molar-refractivity contribution in [1.29, 1.82) is 0 Å². The van der Waals surface area contributed by atoms with E-state index in [1.807, 2.05) is 0 Å². The predicted molar refractivity (Wildman–Crippen MR) is 75.1 cm³/mol. The van der Waals surface area contributed by atoms with Crippen LogP contribution in [0.5, 0.6) is 0 Å². The summed E-state index contributed by atoms with van der Waals surface area (Å²) in [6.45, 7) is 7.11. The maximum absolute atomic E-state index is 9.82. The van der Waals surface area contributed by atoms with Crippen molar-refractivity contribution >= 4 is 0 Å². The highest BCUT2D eigenvalue weighted by molar-refractivity contribution is 4.90. The molecule has 0 amide bonds. The highest BCUT2D eigenvalue weighted by Gasteiger charge is 2.38. The van der Waals surface area contributed by atoms with Crippen molar-refractivity contribution in [2.24, 2.45) is 5.41 Å². The number of rotatable bonds is 4. The Balaban J connectivity index is 2.00. The average Bonchev–Trinajstić information content (AvgIpc) is 2.38. The Morgan fingerprint density at radius 1 is 1.16 bits per heavy atom. The third-order valence-corrected chi connectivity index (χ3v) is 4.56. The van der Waals surface area contributed by atoms with Gasteiger partial charge in [0.1, 0.15) is 0 Å². The van der Waals surface area contributed by atoms with Crippen LogP contribution in [-0.2, 0) is 4.74 Å². The van der Waals surface area contributed by atoms with Gasteiger partial charge in [-0.2, -0.15) is 0 Å². The monoisotopic (exact) mass is 271 g/mol. The second-order valence-corrected chi connectivity index (χ2v) is 7.07. The first-order chi connectivity index (χ1) is 8.99. The van der Waals surface area contributed by atoms with Gasteiger partial charge in [-0.25, -0.2) is 0 Å². The molecule has 1 heterocycles.